The fraction of sp³-hybridized carbons (Fsp3) is 0.476. The van der Waals surface area contributed by atoms with Gasteiger partial charge < -0.3 is 20.5 Å². The molecule has 1 aliphatic heterocycles. The highest BCUT2D eigenvalue weighted by Crippen LogP contribution is 2.33. The predicted octanol–water partition coefficient (Wildman–Crippen LogP) is 3.75. The molecule has 9 heteroatoms. The number of aryl methyl sites for hydroxylation is 1. The van der Waals surface area contributed by atoms with E-state index in [-0.39, 0.29) is 24.4 Å². The number of aromatic nitrogens is 1. The molecule has 2 atom stereocenters. The topological polar surface area (TPSA) is 69.4 Å². The van der Waals surface area contributed by atoms with Crippen LogP contribution in [0.2, 0.25) is 0 Å². The van der Waals surface area contributed by atoms with Gasteiger partial charge in [0.05, 0.1) is 24.9 Å². The summed E-state index contributed by atoms with van der Waals surface area (Å²) in [6.45, 7) is 4.08. The monoisotopic (exact) mass is 427 g/mol. The van der Waals surface area contributed by atoms with Crippen molar-refractivity contribution in [3.63, 3.8) is 0 Å². The number of nitrogens with two attached hydrogens (primary N) is 1. The molecule has 3 rings (SSSR count). The van der Waals surface area contributed by atoms with Crippen LogP contribution in [0.1, 0.15) is 23.2 Å². The minimum atomic E-state index is -4.76. The average Bonchev–Trinajstić information content (AvgIpc) is 3.08. The van der Waals surface area contributed by atoms with E-state index in [1.54, 1.807) is 0 Å². The number of benzene rings is 1. The van der Waals surface area contributed by atoms with Gasteiger partial charge in [-0.15, -0.1) is 0 Å². The SMILES string of the molecule is Cc1cc(N)nc(C[C@@H]2CNC[C@@H]2OCCCOc2ccc(F)c(C(F)(F)F)c2)c1. The zero-order valence-corrected chi connectivity index (χ0v) is 16.6. The van der Waals surface area contributed by atoms with Crippen LogP contribution < -0.4 is 15.8 Å². The molecule has 1 aliphatic rings. The molecule has 0 bridgehead atoms. The van der Waals surface area contributed by atoms with Crippen molar-refractivity contribution in [1.82, 2.24) is 10.3 Å². The number of pyridine rings is 1. The number of halogens is 4. The fourth-order valence-corrected chi connectivity index (χ4v) is 3.54. The Bertz CT molecular complexity index is 840. The summed E-state index contributed by atoms with van der Waals surface area (Å²) < 4.78 is 62.8. The number of alkyl halides is 3. The third-order valence-electron chi connectivity index (χ3n) is 4.92. The molecule has 0 aliphatic carbocycles. The van der Waals surface area contributed by atoms with Crippen LogP contribution in [-0.4, -0.2) is 37.4 Å². The molecule has 30 heavy (non-hydrogen) atoms. The lowest BCUT2D eigenvalue weighted by atomic mass is 9.99. The van der Waals surface area contributed by atoms with Crippen molar-refractivity contribution < 1.29 is 27.0 Å². The lowest BCUT2D eigenvalue weighted by Gasteiger charge is -2.19. The van der Waals surface area contributed by atoms with Crippen LogP contribution in [0.15, 0.2) is 30.3 Å². The molecule has 5 nitrogen and oxygen atoms in total. The second-order valence-electron chi connectivity index (χ2n) is 7.43. The molecule has 1 aromatic carbocycles. The molecule has 1 saturated heterocycles. The van der Waals surface area contributed by atoms with Gasteiger partial charge in [0.2, 0.25) is 0 Å². The first-order chi connectivity index (χ1) is 14.2. The zero-order chi connectivity index (χ0) is 21.7. The van der Waals surface area contributed by atoms with Crippen molar-refractivity contribution in [3.8, 4) is 5.75 Å². The molecule has 164 valence electrons. The Morgan fingerprint density at radius 3 is 2.70 bits per heavy atom. The van der Waals surface area contributed by atoms with Gasteiger partial charge in [-0.25, -0.2) is 9.37 Å². The molecule has 0 amide bonds. The number of anilines is 1. The van der Waals surface area contributed by atoms with Gasteiger partial charge in [0, 0.05) is 31.1 Å². The summed E-state index contributed by atoms with van der Waals surface area (Å²) in [4.78, 5) is 4.37. The molecule has 0 unspecified atom stereocenters. The molecular formula is C21H25F4N3O2. The van der Waals surface area contributed by atoms with Crippen molar-refractivity contribution in [2.24, 2.45) is 5.92 Å². The van der Waals surface area contributed by atoms with Gasteiger partial charge in [-0.3, -0.25) is 0 Å². The Labute approximate surface area is 172 Å². The van der Waals surface area contributed by atoms with E-state index in [9.17, 15) is 17.6 Å². The number of hydrogen-bond donors (Lipinski definition) is 2. The summed E-state index contributed by atoms with van der Waals surface area (Å²) in [5.41, 5.74) is 6.47. The van der Waals surface area contributed by atoms with Gasteiger partial charge in [-0.05, 0) is 49.2 Å². The van der Waals surface area contributed by atoms with Crippen LogP contribution in [-0.2, 0) is 17.3 Å². The standard InChI is InChI=1S/C21H25F4N3O2/c1-13-7-15(28-20(26)8-13)9-14-11-27-12-19(14)30-6-2-5-29-16-3-4-18(22)17(10-16)21(23,24)25/h3-4,7-8,10,14,19,27H,2,5-6,9,11-12H2,1H3,(H2,26,28)/t14-,19+/m1/s1. The quantitative estimate of drug-likeness (QED) is 0.496. The number of nitrogens with zero attached hydrogens (tertiary/aromatic N) is 1. The van der Waals surface area contributed by atoms with E-state index >= 15 is 0 Å². The molecule has 2 heterocycles. The van der Waals surface area contributed by atoms with E-state index < -0.39 is 17.6 Å². The number of rotatable bonds is 8. The minimum absolute atomic E-state index is 0.0104. The summed E-state index contributed by atoms with van der Waals surface area (Å²) in [5, 5.41) is 3.31. The minimum Gasteiger partial charge on any atom is -0.493 e. The van der Waals surface area contributed by atoms with Crippen molar-refractivity contribution in [2.75, 3.05) is 32.0 Å². The van der Waals surface area contributed by atoms with Crippen LogP contribution in [0.5, 0.6) is 5.75 Å². The number of ether oxygens (including phenoxy) is 2. The Hall–Kier alpha value is -2.39. The van der Waals surface area contributed by atoms with Crippen molar-refractivity contribution >= 4 is 5.82 Å². The number of nitrogens with one attached hydrogen (secondary N) is 1. The van der Waals surface area contributed by atoms with E-state index in [0.717, 1.165) is 36.8 Å². The van der Waals surface area contributed by atoms with Gasteiger partial charge >= 0.3 is 6.18 Å². The second-order valence-corrected chi connectivity index (χ2v) is 7.43. The third kappa shape index (κ3) is 6.06. The summed E-state index contributed by atoms with van der Waals surface area (Å²) >= 11 is 0. The van der Waals surface area contributed by atoms with E-state index in [0.29, 0.717) is 24.9 Å². The molecule has 2 aromatic rings. The Morgan fingerprint density at radius 2 is 1.97 bits per heavy atom. The van der Waals surface area contributed by atoms with Crippen molar-refractivity contribution in [1.29, 1.82) is 0 Å². The zero-order valence-electron chi connectivity index (χ0n) is 16.6. The second kappa shape index (κ2) is 9.61. The van der Waals surface area contributed by atoms with Gasteiger partial charge in [-0.2, -0.15) is 13.2 Å². The molecule has 1 fully saturated rings. The largest absolute Gasteiger partial charge is 0.493 e. The number of nitrogen functional groups attached to an aromatic ring is 1. The van der Waals surface area contributed by atoms with Crippen LogP contribution in [0.25, 0.3) is 0 Å². The first-order valence-corrected chi connectivity index (χ1v) is 9.77. The van der Waals surface area contributed by atoms with Crippen molar-refractivity contribution in [3.05, 3.63) is 53.0 Å². The first kappa shape index (κ1) is 22.3. The molecule has 0 spiro atoms. The fourth-order valence-electron chi connectivity index (χ4n) is 3.54. The Morgan fingerprint density at radius 1 is 1.17 bits per heavy atom. The predicted molar refractivity (Wildman–Crippen MR) is 105 cm³/mol. The van der Waals surface area contributed by atoms with Gasteiger partial charge in [0.15, 0.2) is 0 Å². The molecule has 3 N–H and O–H groups in total. The maximum atomic E-state index is 13.3. The molecule has 0 saturated carbocycles. The van der Waals surface area contributed by atoms with E-state index in [2.05, 4.69) is 10.3 Å². The first-order valence-electron chi connectivity index (χ1n) is 9.77. The van der Waals surface area contributed by atoms with Crippen LogP contribution in [0.3, 0.4) is 0 Å². The maximum Gasteiger partial charge on any atom is 0.419 e. The van der Waals surface area contributed by atoms with Crippen LogP contribution >= 0.6 is 0 Å². The van der Waals surface area contributed by atoms with Gasteiger partial charge in [-0.1, -0.05) is 0 Å². The smallest absolute Gasteiger partial charge is 0.419 e. The number of hydrogen-bond acceptors (Lipinski definition) is 5. The summed E-state index contributed by atoms with van der Waals surface area (Å²) in [6.07, 6.45) is -3.50. The summed E-state index contributed by atoms with van der Waals surface area (Å²) in [5.74, 6) is -0.582. The Kier molecular flexibility index (Phi) is 7.14. The van der Waals surface area contributed by atoms with E-state index in [1.165, 1.54) is 6.07 Å². The van der Waals surface area contributed by atoms with Crippen molar-refractivity contribution in [2.45, 2.75) is 32.0 Å². The highest BCUT2D eigenvalue weighted by atomic mass is 19.4. The third-order valence-corrected chi connectivity index (χ3v) is 4.92. The van der Waals surface area contributed by atoms with Crippen LogP contribution in [0, 0.1) is 18.7 Å². The molecular weight excluding hydrogens is 402 g/mol. The summed E-state index contributed by atoms with van der Waals surface area (Å²) in [6, 6.07) is 6.45. The Balaban J connectivity index is 1.44. The van der Waals surface area contributed by atoms with Crippen LogP contribution in [0.4, 0.5) is 23.4 Å². The van der Waals surface area contributed by atoms with E-state index in [1.807, 2.05) is 19.1 Å². The maximum absolute atomic E-state index is 13.3. The highest BCUT2D eigenvalue weighted by Gasteiger charge is 2.34. The lowest BCUT2D eigenvalue weighted by molar-refractivity contribution is -0.140. The normalized spacial score (nSPS) is 19.2. The average molecular weight is 427 g/mol. The van der Waals surface area contributed by atoms with Gasteiger partial charge in [0.25, 0.3) is 0 Å². The summed E-state index contributed by atoms with van der Waals surface area (Å²) in [7, 11) is 0. The highest BCUT2D eigenvalue weighted by molar-refractivity contribution is 5.34. The lowest BCUT2D eigenvalue weighted by Crippen LogP contribution is -2.25. The molecule has 1 aromatic heterocycles. The van der Waals surface area contributed by atoms with E-state index in [4.69, 9.17) is 15.2 Å². The molecule has 0 radical (unpaired) electrons. The van der Waals surface area contributed by atoms with Gasteiger partial charge in [0.1, 0.15) is 17.4 Å².